The molecule has 1 rings (SSSR count). The molecule has 0 saturated heterocycles. The Morgan fingerprint density at radius 3 is 2.26 bits per heavy atom. The number of nitrogens with zero attached hydrogens (tertiary/aromatic N) is 2. The first kappa shape index (κ1) is 14.6. The SMILES string of the molecule is COC(=O)C(C(=O)OC)c1nccc(C)c1[N+](=O)[O-]. The zero-order valence-electron chi connectivity index (χ0n) is 10.6. The molecule has 0 bridgehead atoms. The molecule has 0 saturated carbocycles. The Balaban J connectivity index is 3.46. The summed E-state index contributed by atoms with van der Waals surface area (Å²) in [6.07, 6.45) is 1.27. The number of pyridine rings is 1. The number of rotatable bonds is 4. The molecular weight excluding hydrogens is 256 g/mol. The highest BCUT2D eigenvalue weighted by Crippen LogP contribution is 2.29. The molecule has 0 amide bonds. The Morgan fingerprint density at radius 2 is 1.84 bits per heavy atom. The van der Waals surface area contributed by atoms with Gasteiger partial charge in [0, 0.05) is 11.8 Å². The molecule has 0 aliphatic heterocycles. The van der Waals surface area contributed by atoms with Crippen molar-refractivity contribution in [2.45, 2.75) is 12.8 Å². The summed E-state index contributed by atoms with van der Waals surface area (Å²) in [6.45, 7) is 1.48. The predicted molar refractivity (Wildman–Crippen MR) is 62.4 cm³/mol. The van der Waals surface area contributed by atoms with Gasteiger partial charge in [0.15, 0.2) is 0 Å². The van der Waals surface area contributed by atoms with Crippen molar-refractivity contribution in [3.8, 4) is 0 Å². The van der Waals surface area contributed by atoms with Gasteiger partial charge in [0.25, 0.3) is 5.69 Å². The Bertz CT molecular complexity index is 512. The molecule has 0 N–H and O–H groups in total. The van der Waals surface area contributed by atoms with Crippen molar-refractivity contribution in [1.82, 2.24) is 4.98 Å². The van der Waals surface area contributed by atoms with Gasteiger partial charge in [0.1, 0.15) is 5.69 Å². The second-order valence-corrected chi connectivity index (χ2v) is 3.60. The maximum Gasteiger partial charge on any atom is 0.326 e. The van der Waals surface area contributed by atoms with Crippen molar-refractivity contribution >= 4 is 17.6 Å². The molecule has 0 aliphatic rings. The van der Waals surface area contributed by atoms with Crippen LogP contribution in [0.5, 0.6) is 0 Å². The van der Waals surface area contributed by atoms with Gasteiger partial charge in [0.05, 0.1) is 19.1 Å². The van der Waals surface area contributed by atoms with Crippen LogP contribution in [-0.2, 0) is 19.1 Å². The van der Waals surface area contributed by atoms with E-state index in [1.807, 2.05) is 0 Å². The lowest BCUT2D eigenvalue weighted by Crippen LogP contribution is -2.26. The Labute approximate surface area is 108 Å². The summed E-state index contributed by atoms with van der Waals surface area (Å²) < 4.78 is 8.92. The standard InChI is InChI=1S/C11H12N2O6/c1-6-4-5-12-8(9(6)13(16)17)7(10(14)18-2)11(15)19-3/h4-5,7H,1-3H3. The molecule has 8 nitrogen and oxygen atoms in total. The highest BCUT2D eigenvalue weighted by Gasteiger charge is 2.38. The number of carbonyl (C=O) groups excluding carboxylic acids is 2. The second kappa shape index (κ2) is 5.89. The molecule has 19 heavy (non-hydrogen) atoms. The van der Waals surface area contributed by atoms with Gasteiger partial charge in [-0.3, -0.25) is 24.7 Å². The lowest BCUT2D eigenvalue weighted by molar-refractivity contribution is -0.386. The summed E-state index contributed by atoms with van der Waals surface area (Å²) >= 11 is 0. The van der Waals surface area contributed by atoms with Crippen molar-refractivity contribution in [1.29, 1.82) is 0 Å². The number of hydrogen-bond acceptors (Lipinski definition) is 7. The third-order valence-corrected chi connectivity index (χ3v) is 2.48. The highest BCUT2D eigenvalue weighted by atomic mass is 16.6. The van der Waals surface area contributed by atoms with E-state index in [9.17, 15) is 19.7 Å². The minimum atomic E-state index is -1.57. The molecule has 1 aromatic rings. The minimum Gasteiger partial charge on any atom is -0.468 e. The largest absolute Gasteiger partial charge is 0.468 e. The maximum absolute atomic E-state index is 11.6. The van der Waals surface area contributed by atoms with Crippen LogP contribution in [-0.4, -0.2) is 36.1 Å². The molecule has 0 radical (unpaired) electrons. The van der Waals surface area contributed by atoms with Crippen molar-refractivity contribution in [2.24, 2.45) is 0 Å². The van der Waals surface area contributed by atoms with Gasteiger partial charge in [-0.05, 0) is 13.0 Å². The van der Waals surface area contributed by atoms with Crippen LogP contribution in [0.4, 0.5) is 5.69 Å². The molecule has 8 heteroatoms. The van der Waals surface area contributed by atoms with Crippen molar-refractivity contribution in [3.63, 3.8) is 0 Å². The smallest absolute Gasteiger partial charge is 0.326 e. The maximum atomic E-state index is 11.6. The van der Waals surface area contributed by atoms with Crippen molar-refractivity contribution in [2.75, 3.05) is 14.2 Å². The summed E-state index contributed by atoms with van der Waals surface area (Å²) in [5.41, 5.74) is -0.403. The van der Waals surface area contributed by atoms with Crippen LogP contribution in [0.2, 0.25) is 0 Å². The Kier molecular flexibility index (Phi) is 4.51. The number of methoxy groups -OCH3 is 2. The van der Waals surface area contributed by atoms with Crippen LogP contribution in [0.1, 0.15) is 17.2 Å². The van der Waals surface area contributed by atoms with E-state index < -0.39 is 28.5 Å². The molecular formula is C11H12N2O6. The average molecular weight is 268 g/mol. The summed E-state index contributed by atoms with van der Waals surface area (Å²) in [5, 5.41) is 11.0. The molecule has 0 fully saturated rings. The summed E-state index contributed by atoms with van der Waals surface area (Å²) in [7, 11) is 2.14. The van der Waals surface area contributed by atoms with Crippen LogP contribution in [0.15, 0.2) is 12.3 Å². The van der Waals surface area contributed by atoms with E-state index >= 15 is 0 Å². The van der Waals surface area contributed by atoms with Crippen LogP contribution in [0.3, 0.4) is 0 Å². The molecule has 0 unspecified atom stereocenters. The van der Waals surface area contributed by atoms with E-state index in [0.717, 1.165) is 14.2 Å². The van der Waals surface area contributed by atoms with E-state index in [1.54, 1.807) is 0 Å². The monoisotopic (exact) mass is 268 g/mol. The fourth-order valence-corrected chi connectivity index (χ4v) is 1.58. The normalized spacial score (nSPS) is 10.1. The number of nitro groups is 1. The van der Waals surface area contributed by atoms with E-state index in [2.05, 4.69) is 14.5 Å². The van der Waals surface area contributed by atoms with E-state index in [-0.39, 0.29) is 11.3 Å². The average Bonchev–Trinajstić information content (AvgIpc) is 2.38. The number of esters is 2. The Morgan fingerprint density at radius 1 is 1.32 bits per heavy atom. The van der Waals surface area contributed by atoms with Gasteiger partial charge in [-0.1, -0.05) is 0 Å². The first-order chi connectivity index (χ1) is 8.93. The minimum absolute atomic E-state index is 0.285. The van der Waals surface area contributed by atoms with Gasteiger partial charge >= 0.3 is 11.9 Å². The van der Waals surface area contributed by atoms with E-state index in [4.69, 9.17) is 0 Å². The second-order valence-electron chi connectivity index (χ2n) is 3.60. The number of hydrogen-bond donors (Lipinski definition) is 0. The van der Waals surface area contributed by atoms with E-state index in [0.29, 0.717) is 0 Å². The topological polar surface area (TPSA) is 109 Å². The molecule has 0 aromatic carbocycles. The van der Waals surface area contributed by atoms with E-state index in [1.165, 1.54) is 19.2 Å². The summed E-state index contributed by atoms with van der Waals surface area (Å²) in [5.74, 6) is -3.50. The highest BCUT2D eigenvalue weighted by molar-refractivity contribution is 6.01. The molecule has 0 atom stereocenters. The lowest BCUT2D eigenvalue weighted by Gasteiger charge is -2.12. The molecule has 0 aliphatic carbocycles. The number of aromatic nitrogens is 1. The molecule has 102 valence electrons. The summed E-state index contributed by atoms with van der Waals surface area (Å²) in [4.78, 5) is 37.3. The Hall–Kier alpha value is -2.51. The lowest BCUT2D eigenvalue weighted by atomic mass is 10.0. The van der Waals surface area contributed by atoms with Gasteiger partial charge < -0.3 is 9.47 Å². The van der Waals surface area contributed by atoms with Crippen LogP contribution in [0.25, 0.3) is 0 Å². The number of aryl methyl sites for hydroxylation is 1. The number of ether oxygens (including phenoxy) is 2. The van der Waals surface area contributed by atoms with Gasteiger partial charge in [-0.2, -0.15) is 0 Å². The van der Waals surface area contributed by atoms with Crippen molar-refractivity contribution < 1.29 is 24.0 Å². The molecule has 1 heterocycles. The van der Waals surface area contributed by atoms with Gasteiger partial charge in [-0.15, -0.1) is 0 Å². The van der Waals surface area contributed by atoms with Gasteiger partial charge in [-0.25, -0.2) is 0 Å². The zero-order chi connectivity index (χ0) is 14.6. The molecule has 0 spiro atoms. The third-order valence-electron chi connectivity index (χ3n) is 2.48. The molecule has 1 aromatic heterocycles. The number of carbonyl (C=O) groups is 2. The van der Waals surface area contributed by atoms with Crippen LogP contribution >= 0.6 is 0 Å². The third kappa shape index (κ3) is 2.84. The first-order valence-electron chi connectivity index (χ1n) is 5.19. The van der Waals surface area contributed by atoms with Crippen LogP contribution < -0.4 is 0 Å². The fourth-order valence-electron chi connectivity index (χ4n) is 1.58. The quantitative estimate of drug-likeness (QED) is 0.342. The predicted octanol–water partition coefficient (Wildman–Crippen LogP) is 0.728. The first-order valence-corrected chi connectivity index (χ1v) is 5.19. The van der Waals surface area contributed by atoms with Crippen molar-refractivity contribution in [3.05, 3.63) is 33.6 Å². The summed E-state index contributed by atoms with van der Waals surface area (Å²) in [6, 6.07) is 1.41. The fraction of sp³-hybridized carbons (Fsp3) is 0.364. The van der Waals surface area contributed by atoms with Crippen LogP contribution in [0, 0.1) is 17.0 Å². The zero-order valence-corrected chi connectivity index (χ0v) is 10.6. The van der Waals surface area contributed by atoms with Gasteiger partial charge in [0.2, 0.25) is 5.92 Å².